The van der Waals surface area contributed by atoms with Crippen molar-refractivity contribution in [3.05, 3.63) is 35.4 Å². The third-order valence-electron chi connectivity index (χ3n) is 3.67. The normalized spacial score (nSPS) is 20.9. The number of hydrogen-bond donors (Lipinski definition) is 1. The van der Waals surface area contributed by atoms with Gasteiger partial charge in [-0.3, -0.25) is 0 Å². The molecule has 0 aromatic heterocycles. The predicted octanol–water partition coefficient (Wildman–Crippen LogP) is 3.58. The van der Waals surface area contributed by atoms with Crippen LogP contribution in [0.15, 0.2) is 24.3 Å². The molecule has 2 rings (SSSR count). The molecule has 2 unspecified atom stereocenters. The highest BCUT2D eigenvalue weighted by molar-refractivity contribution is 7.99. The van der Waals surface area contributed by atoms with Crippen molar-refractivity contribution in [2.75, 3.05) is 11.5 Å². The maximum absolute atomic E-state index is 5.96. The minimum Gasteiger partial charge on any atom is -0.327 e. The first-order valence-electron chi connectivity index (χ1n) is 6.72. The summed E-state index contributed by atoms with van der Waals surface area (Å²) in [5.74, 6) is 3.11. The lowest BCUT2D eigenvalue weighted by Crippen LogP contribution is -2.22. The highest BCUT2D eigenvalue weighted by atomic mass is 32.2. The largest absolute Gasteiger partial charge is 0.327 e. The number of benzene rings is 1. The van der Waals surface area contributed by atoms with Crippen LogP contribution in [0.4, 0.5) is 0 Å². The lowest BCUT2D eigenvalue weighted by molar-refractivity contribution is 0.596. The fourth-order valence-corrected chi connectivity index (χ4v) is 3.81. The molecule has 0 amide bonds. The molecule has 0 radical (unpaired) electrons. The molecule has 2 N–H and O–H groups in total. The van der Waals surface area contributed by atoms with Gasteiger partial charge in [0.15, 0.2) is 0 Å². The van der Waals surface area contributed by atoms with E-state index < -0.39 is 0 Å². The van der Waals surface area contributed by atoms with Crippen LogP contribution in [0.3, 0.4) is 0 Å². The number of nitrogens with two attached hydrogens (primary N) is 1. The summed E-state index contributed by atoms with van der Waals surface area (Å²) in [5, 5.41) is 0. The van der Waals surface area contributed by atoms with Gasteiger partial charge in [0.2, 0.25) is 0 Å². The summed E-state index contributed by atoms with van der Waals surface area (Å²) in [6, 6.07) is 9.34. The van der Waals surface area contributed by atoms with Crippen LogP contribution in [-0.4, -0.2) is 17.5 Å². The zero-order chi connectivity index (χ0) is 12.1. The molecule has 0 bridgehead atoms. The molecule has 1 aliphatic carbocycles. The van der Waals surface area contributed by atoms with Crippen LogP contribution >= 0.6 is 11.8 Å². The standard InChI is InChI=1S/C15H23NS/c1-2-14(16)11-17-10-13-8-5-7-12-6-3-4-9-15(12)13/h3-4,6,9,13-14H,2,5,7-8,10-11,16H2,1H3. The first kappa shape index (κ1) is 13.0. The van der Waals surface area contributed by atoms with E-state index in [9.17, 15) is 0 Å². The zero-order valence-corrected chi connectivity index (χ0v) is 11.5. The summed E-state index contributed by atoms with van der Waals surface area (Å²) in [5.41, 5.74) is 9.13. The summed E-state index contributed by atoms with van der Waals surface area (Å²) in [6.45, 7) is 2.17. The van der Waals surface area contributed by atoms with Crippen molar-refractivity contribution in [2.45, 2.75) is 44.6 Å². The maximum Gasteiger partial charge on any atom is 0.0127 e. The summed E-state index contributed by atoms with van der Waals surface area (Å²) < 4.78 is 0. The molecule has 2 heteroatoms. The molecule has 0 saturated heterocycles. The minimum absolute atomic E-state index is 0.374. The third kappa shape index (κ3) is 3.49. The zero-order valence-electron chi connectivity index (χ0n) is 10.7. The van der Waals surface area contributed by atoms with E-state index >= 15 is 0 Å². The Bertz CT molecular complexity index is 351. The van der Waals surface area contributed by atoms with Crippen LogP contribution in [-0.2, 0) is 6.42 Å². The maximum atomic E-state index is 5.96. The highest BCUT2D eigenvalue weighted by Gasteiger charge is 2.19. The Labute approximate surface area is 109 Å². The smallest absolute Gasteiger partial charge is 0.0127 e. The van der Waals surface area contributed by atoms with Crippen molar-refractivity contribution < 1.29 is 0 Å². The van der Waals surface area contributed by atoms with Gasteiger partial charge in [-0.15, -0.1) is 0 Å². The highest BCUT2D eigenvalue weighted by Crippen LogP contribution is 2.33. The average molecular weight is 249 g/mol. The predicted molar refractivity (Wildman–Crippen MR) is 77.7 cm³/mol. The fraction of sp³-hybridized carbons (Fsp3) is 0.600. The third-order valence-corrected chi connectivity index (χ3v) is 4.97. The molecule has 17 heavy (non-hydrogen) atoms. The lowest BCUT2D eigenvalue weighted by Gasteiger charge is -2.25. The second-order valence-corrected chi connectivity index (χ2v) is 6.07. The summed E-state index contributed by atoms with van der Waals surface area (Å²) in [7, 11) is 0. The Balaban J connectivity index is 1.90. The quantitative estimate of drug-likeness (QED) is 0.863. The average Bonchev–Trinajstić information content (AvgIpc) is 2.39. The Morgan fingerprint density at radius 1 is 1.41 bits per heavy atom. The fourth-order valence-electron chi connectivity index (χ4n) is 2.51. The second kappa shape index (κ2) is 6.46. The number of hydrogen-bond acceptors (Lipinski definition) is 2. The van der Waals surface area contributed by atoms with E-state index in [1.54, 1.807) is 11.1 Å². The SMILES string of the molecule is CCC(N)CSCC1CCCc2ccccc21. The van der Waals surface area contributed by atoms with Crippen molar-refractivity contribution in [1.82, 2.24) is 0 Å². The molecule has 0 spiro atoms. The van der Waals surface area contributed by atoms with Gasteiger partial charge in [0.1, 0.15) is 0 Å². The summed E-state index contributed by atoms with van der Waals surface area (Å²) in [6.07, 6.45) is 5.06. The molecule has 94 valence electrons. The van der Waals surface area contributed by atoms with Crippen LogP contribution in [0.5, 0.6) is 0 Å². The van der Waals surface area contributed by atoms with E-state index in [4.69, 9.17) is 5.73 Å². The molecule has 0 fully saturated rings. The van der Waals surface area contributed by atoms with Gasteiger partial charge in [-0.2, -0.15) is 11.8 Å². The number of thioether (sulfide) groups is 1. The molecule has 0 heterocycles. The number of rotatable bonds is 5. The Morgan fingerprint density at radius 2 is 2.24 bits per heavy atom. The van der Waals surface area contributed by atoms with Gasteiger partial charge in [0, 0.05) is 17.5 Å². The monoisotopic (exact) mass is 249 g/mol. The summed E-state index contributed by atoms with van der Waals surface area (Å²) >= 11 is 2.03. The Morgan fingerprint density at radius 3 is 3.06 bits per heavy atom. The molecule has 0 aliphatic heterocycles. The van der Waals surface area contributed by atoms with Crippen LogP contribution in [0, 0.1) is 0 Å². The van der Waals surface area contributed by atoms with E-state index in [-0.39, 0.29) is 0 Å². The van der Waals surface area contributed by atoms with Gasteiger partial charge < -0.3 is 5.73 Å². The van der Waals surface area contributed by atoms with E-state index in [2.05, 4.69) is 31.2 Å². The van der Waals surface area contributed by atoms with E-state index in [1.165, 1.54) is 25.0 Å². The minimum atomic E-state index is 0.374. The van der Waals surface area contributed by atoms with Crippen molar-refractivity contribution in [2.24, 2.45) is 5.73 Å². The van der Waals surface area contributed by atoms with Crippen LogP contribution in [0.2, 0.25) is 0 Å². The van der Waals surface area contributed by atoms with Crippen molar-refractivity contribution in [3.8, 4) is 0 Å². The van der Waals surface area contributed by atoms with Crippen molar-refractivity contribution >= 4 is 11.8 Å². The molecule has 0 saturated carbocycles. The van der Waals surface area contributed by atoms with Gasteiger partial charge in [0.05, 0.1) is 0 Å². The second-order valence-electron chi connectivity index (χ2n) is 4.99. The van der Waals surface area contributed by atoms with Gasteiger partial charge in [-0.05, 0) is 42.7 Å². The van der Waals surface area contributed by atoms with Gasteiger partial charge in [-0.1, -0.05) is 31.2 Å². The number of fused-ring (bicyclic) bond motifs is 1. The summed E-state index contributed by atoms with van der Waals surface area (Å²) in [4.78, 5) is 0. The van der Waals surface area contributed by atoms with Crippen LogP contribution in [0.25, 0.3) is 0 Å². The van der Waals surface area contributed by atoms with Crippen LogP contribution in [0.1, 0.15) is 43.2 Å². The van der Waals surface area contributed by atoms with Crippen LogP contribution < -0.4 is 5.73 Å². The number of aryl methyl sites for hydroxylation is 1. The topological polar surface area (TPSA) is 26.0 Å². The lowest BCUT2D eigenvalue weighted by atomic mass is 9.84. The van der Waals surface area contributed by atoms with E-state index in [0.717, 1.165) is 18.1 Å². The molecule has 1 aliphatic rings. The van der Waals surface area contributed by atoms with E-state index in [0.29, 0.717) is 6.04 Å². The van der Waals surface area contributed by atoms with Crippen molar-refractivity contribution in [1.29, 1.82) is 0 Å². The first-order chi connectivity index (χ1) is 8.31. The first-order valence-corrected chi connectivity index (χ1v) is 7.88. The molecular weight excluding hydrogens is 226 g/mol. The molecule has 1 aromatic carbocycles. The van der Waals surface area contributed by atoms with Gasteiger partial charge in [-0.25, -0.2) is 0 Å². The van der Waals surface area contributed by atoms with Crippen molar-refractivity contribution in [3.63, 3.8) is 0 Å². The van der Waals surface area contributed by atoms with Gasteiger partial charge >= 0.3 is 0 Å². The molecule has 1 nitrogen and oxygen atoms in total. The Hall–Kier alpha value is -0.470. The molecule has 2 atom stereocenters. The molecular formula is C15H23NS. The van der Waals surface area contributed by atoms with E-state index in [1.807, 2.05) is 11.8 Å². The Kier molecular flexibility index (Phi) is 4.93. The van der Waals surface area contributed by atoms with Gasteiger partial charge in [0.25, 0.3) is 0 Å². The molecule has 1 aromatic rings.